The van der Waals surface area contributed by atoms with Crippen molar-refractivity contribution in [2.45, 2.75) is 70.9 Å². The number of rotatable bonds is 11. The predicted molar refractivity (Wildman–Crippen MR) is 134 cm³/mol. The van der Waals surface area contributed by atoms with Gasteiger partial charge in [0.05, 0.1) is 19.3 Å². The van der Waals surface area contributed by atoms with Crippen molar-refractivity contribution in [2.24, 2.45) is 11.8 Å². The first-order chi connectivity index (χ1) is 17.0. The van der Waals surface area contributed by atoms with Gasteiger partial charge in [-0.25, -0.2) is 0 Å². The number of carbonyl (C=O) groups excluding carboxylic acids is 3. The second-order valence-corrected chi connectivity index (χ2v) is 9.13. The maximum Gasteiger partial charge on any atom is 0.323 e. The number of hydrogen-bond acceptors (Lipinski definition) is 6. The Morgan fingerprint density at radius 1 is 1.11 bits per heavy atom. The van der Waals surface area contributed by atoms with Crippen molar-refractivity contribution in [3.63, 3.8) is 0 Å². The minimum absolute atomic E-state index is 0.111. The van der Waals surface area contributed by atoms with Crippen LogP contribution in [0.15, 0.2) is 54.3 Å². The van der Waals surface area contributed by atoms with Crippen molar-refractivity contribution in [2.75, 3.05) is 13.2 Å². The zero-order chi connectivity index (χ0) is 25.0. The average Bonchev–Trinajstić information content (AvgIpc) is 2.85. The van der Waals surface area contributed by atoms with Crippen LogP contribution in [0.25, 0.3) is 0 Å². The topological polar surface area (TPSA) is 93.7 Å². The fourth-order valence-electron chi connectivity index (χ4n) is 4.85. The van der Waals surface area contributed by atoms with Gasteiger partial charge in [-0.15, -0.1) is 0 Å². The molecule has 0 aromatic heterocycles. The van der Waals surface area contributed by atoms with Crippen LogP contribution in [0.2, 0.25) is 0 Å². The van der Waals surface area contributed by atoms with Crippen LogP contribution in [0, 0.1) is 11.8 Å². The van der Waals surface area contributed by atoms with E-state index in [-0.39, 0.29) is 42.7 Å². The summed E-state index contributed by atoms with van der Waals surface area (Å²) >= 11 is 0. The fraction of sp³-hybridized carbons (Fsp3) is 0.536. The van der Waals surface area contributed by atoms with Gasteiger partial charge >= 0.3 is 11.9 Å². The highest BCUT2D eigenvalue weighted by molar-refractivity contribution is 5.85. The van der Waals surface area contributed by atoms with Gasteiger partial charge in [-0.1, -0.05) is 42.5 Å². The number of hydrogen-bond donors (Lipinski definition) is 2. The van der Waals surface area contributed by atoms with E-state index < -0.39 is 12.1 Å². The molecule has 1 saturated heterocycles. The number of nitrogens with one attached hydrogen (secondary N) is 2. The van der Waals surface area contributed by atoms with Crippen molar-refractivity contribution in [3.8, 4) is 0 Å². The molecule has 7 heteroatoms. The van der Waals surface area contributed by atoms with Crippen molar-refractivity contribution < 1.29 is 23.9 Å². The number of carbonyl (C=O) groups is 3. The van der Waals surface area contributed by atoms with Crippen LogP contribution in [0.5, 0.6) is 0 Å². The van der Waals surface area contributed by atoms with E-state index in [4.69, 9.17) is 9.47 Å². The Labute approximate surface area is 208 Å². The molecule has 2 N–H and O–H groups in total. The Morgan fingerprint density at radius 2 is 1.89 bits per heavy atom. The Morgan fingerprint density at radius 3 is 2.63 bits per heavy atom. The highest BCUT2D eigenvalue weighted by atomic mass is 16.5. The van der Waals surface area contributed by atoms with E-state index in [0.717, 1.165) is 30.5 Å². The van der Waals surface area contributed by atoms with E-state index in [1.807, 2.05) is 42.5 Å². The number of aryl methyl sites for hydroxylation is 1. The van der Waals surface area contributed by atoms with Gasteiger partial charge in [-0.3, -0.25) is 19.7 Å². The van der Waals surface area contributed by atoms with Gasteiger partial charge in [0.15, 0.2) is 0 Å². The molecule has 1 aromatic rings. The van der Waals surface area contributed by atoms with Gasteiger partial charge < -0.3 is 14.8 Å². The minimum Gasteiger partial charge on any atom is -0.466 e. The van der Waals surface area contributed by atoms with E-state index >= 15 is 0 Å². The maximum atomic E-state index is 13.5. The van der Waals surface area contributed by atoms with Crippen LogP contribution in [0.3, 0.4) is 0 Å². The van der Waals surface area contributed by atoms with Crippen LogP contribution in [0.4, 0.5) is 0 Å². The minimum atomic E-state index is -0.633. The molecule has 1 aliphatic carbocycles. The molecule has 4 unspecified atom stereocenters. The molecule has 3 rings (SSSR count). The third kappa shape index (κ3) is 8.06. The van der Waals surface area contributed by atoms with Gasteiger partial charge in [-0.05, 0) is 69.9 Å². The number of fused-ring (bicyclic) bond motifs is 1. The van der Waals surface area contributed by atoms with Crippen molar-refractivity contribution in [1.82, 2.24) is 10.6 Å². The first kappa shape index (κ1) is 26.7. The summed E-state index contributed by atoms with van der Waals surface area (Å²) < 4.78 is 10.5. The molecule has 0 saturated carbocycles. The van der Waals surface area contributed by atoms with Crippen molar-refractivity contribution in [1.29, 1.82) is 0 Å². The lowest BCUT2D eigenvalue weighted by atomic mass is 9.81. The number of allylic oxidation sites excluding steroid dienone is 4. The standard InChI is InChI=1S/C28H38N2O5/c1-3-34-25(31)19-17-22-16-15-21-12-8-9-13-23(21)30-27(32)26(22)29-24(28(33)35-4-2)18-14-20-10-6-5-7-11-20/h5-11,13,21-22,24,26,29H,3-4,12,14-19H2,1-2H3,(H,30,32). The van der Waals surface area contributed by atoms with Crippen molar-refractivity contribution >= 4 is 17.8 Å². The lowest BCUT2D eigenvalue weighted by Crippen LogP contribution is -2.56. The van der Waals surface area contributed by atoms with Crippen LogP contribution in [-0.4, -0.2) is 43.1 Å². The fourth-order valence-corrected chi connectivity index (χ4v) is 4.85. The molecule has 1 aliphatic heterocycles. The SMILES string of the molecule is CCOC(=O)CCC1CCC2CC=CC=C2NC(=O)C1NC(CCc1ccccc1)C(=O)OCC. The molecule has 7 nitrogen and oxygen atoms in total. The molecule has 1 aromatic carbocycles. The summed E-state index contributed by atoms with van der Waals surface area (Å²) in [5, 5.41) is 6.45. The molecule has 4 atom stereocenters. The van der Waals surface area contributed by atoms with Gasteiger partial charge in [0.2, 0.25) is 5.91 Å². The van der Waals surface area contributed by atoms with E-state index in [1.54, 1.807) is 13.8 Å². The van der Waals surface area contributed by atoms with Gasteiger partial charge in [0.1, 0.15) is 6.04 Å². The van der Waals surface area contributed by atoms with Crippen LogP contribution >= 0.6 is 0 Å². The molecule has 1 fully saturated rings. The molecule has 1 amide bonds. The van der Waals surface area contributed by atoms with Gasteiger partial charge in [-0.2, -0.15) is 0 Å². The normalized spacial score (nSPS) is 22.6. The highest BCUT2D eigenvalue weighted by Crippen LogP contribution is 2.31. The zero-order valence-corrected chi connectivity index (χ0v) is 20.8. The average molecular weight is 483 g/mol. The maximum absolute atomic E-state index is 13.5. The summed E-state index contributed by atoms with van der Waals surface area (Å²) in [6.45, 7) is 4.16. The van der Waals surface area contributed by atoms with Gasteiger partial charge in [0, 0.05) is 18.0 Å². The highest BCUT2D eigenvalue weighted by Gasteiger charge is 2.36. The first-order valence-corrected chi connectivity index (χ1v) is 12.8. The summed E-state index contributed by atoms with van der Waals surface area (Å²) in [6.07, 6.45) is 10.5. The largest absolute Gasteiger partial charge is 0.466 e. The van der Waals surface area contributed by atoms with E-state index in [0.29, 0.717) is 25.9 Å². The summed E-state index contributed by atoms with van der Waals surface area (Å²) in [6, 6.07) is 8.69. The number of ether oxygens (including phenoxy) is 2. The van der Waals surface area contributed by atoms with E-state index in [2.05, 4.69) is 16.7 Å². The van der Waals surface area contributed by atoms with Crippen LogP contribution < -0.4 is 10.6 Å². The second kappa shape index (κ2) is 13.8. The summed E-state index contributed by atoms with van der Waals surface area (Å²) in [4.78, 5) is 38.5. The van der Waals surface area contributed by atoms with Crippen LogP contribution in [-0.2, 0) is 30.3 Å². The third-order valence-electron chi connectivity index (χ3n) is 6.72. The molecule has 190 valence electrons. The second-order valence-electron chi connectivity index (χ2n) is 9.13. The Hall–Kier alpha value is -2.93. The molecule has 0 spiro atoms. The quantitative estimate of drug-likeness (QED) is 0.466. The Bertz CT molecular complexity index is 911. The zero-order valence-electron chi connectivity index (χ0n) is 20.8. The van der Waals surface area contributed by atoms with E-state index in [1.165, 1.54) is 0 Å². The lowest BCUT2D eigenvalue weighted by molar-refractivity contribution is -0.147. The monoisotopic (exact) mass is 482 g/mol. The van der Waals surface area contributed by atoms with Crippen molar-refractivity contribution in [3.05, 3.63) is 59.8 Å². The molecule has 0 bridgehead atoms. The third-order valence-corrected chi connectivity index (χ3v) is 6.72. The summed E-state index contributed by atoms with van der Waals surface area (Å²) in [5.41, 5.74) is 2.04. The number of benzene rings is 1. The predicted octanol–water partition coefficient (Wildman–Crippen LogP) is 3.84. The number of amides is 1. The van der Waals surface area contributed by atoms with Crippen LogP contribution in [0.1, 0.15) is 57.9 Å². The Kier molecular flexibility index (Phi) is 10.5. The lowest BCUT2D eigenvalue weighted by Gasteiger charge is -2.35. The number of esters is 2. The smallest absolute Gasteiger partial charge is 0.323 e. The summed E-state index contributed by atoms with van der Waals surface area (Å²) in [7, 11) is 0. The summed E-state index contributed by atoms with van der Waals surface area (Å²) in [5.74, 6) is -0.644. The first-order valence-electron chi connectivity index (χ1n) is 12.8. The molecule has 35 heavy (non-hydrogen) atoms. The van der Waals surface area contributed by atoms with E-state index in [9.17, 15) is 14.4 Å². The molecule has 0 radical (unpaired) electrons. The van der Waals surface area contributed by atoms with Gasteiger partial charge in [0.25, 0.3) is 0 Å². The Balaban J connectivity index is 1.79. The molecular weight excluding hydrogens is 444 g/mol. The molecular formula is C28H38N2O5. The molecule has 2 aliphatic rings. The molecule has 1 heterocycles.